The Balaban J connectivity index is 2.10. The first-order valence-corrected chi connectivity index (χ1v) is 5.69. The number of nitrogens with zero attached hydrogens (tertiary/aromatic N) is 1. The van der Waals surface area contributed by atoms with Crippen LogP contribution in [-0.2, 0) is 6.61 Å². The van der Waals surface area contributed by atoms with Gasteiger partial charge in [0, 0.05) is 6.20 Å². The third-order valence-corrected chi connectivity index (χ3v) is 2.96. The molecule has 0 unspecified atom stereocenters. The van der Waals surface area contributed by atoms with Crippen molar-refractivity contribution in [3.63, 3.8) is 0 Å². The minimum Gasteiger partial charge on any atom is -0.487 e. The Morgan fingerprint density at radius 1 is 1.24 bits per heavy atom. The molecule has 0 radical (unpaired) electrons. The van der Waals surface area contributed by atoms with Crippen LogP contribution in [0.2, 0.25) is 10.0 Å². The second-order valence-corrected chi connectivity index (χ2v) is 4.21. The molecule has 0 aliphatic carbocycles. The van der Waals surface area contributed by atoms with Gasteiger partial charge in [-0.25, -0.2) is 4.98 Å². The lowest BCUT2D eigenvalue weighted by atomic mass is 10.3. The van der Waals surface area contributed by atoms with E-state index in [1.165, 1.54) is 0 Å². The summed E-state index contributed by atoms with van der Waals surface area (Å²) in [6.07, 6.45) is 1.63. The van der Waals surface area contributed by atoms with Crippen LogP contribution in [0.15, 0.2) is 36.5 Å². The summed E-state index contributed by atoms with van der Waals surface area (Å²) >= 11 is 11.9. The maximum atomic E-state index is 6.00. The average molecular weight is 269 g/mol. The Bertz CT molecular complexity index is 532. The van der Waals surface area contributed by atoms with E-state index in [9.17, 15) is 0 Å². The zero-order chi connectivity index (χ0) is 12.3. The third kappa shape index (κ3) is 3.02. The predicted molar refractivity (Wildman–Crippen MR) is 69.4 cm³/mol. The number of ether oxygens (including phenoxy) is 1. The molecule has 3 nitrogen and oxygen atoms in total. The smallest absolute Gasteiger partial charge is 0.139 e. The first-order chi connectivity index (χ1) is 8.16. The molecule has 0 saturated heterocycles. The van der Waals surface area contributed by atoms with Crippen LogP contribution in [0.25, 0.3) is 0 Å². The average Bonchev–Trinajstić information content (AvgIpc) is 2.31. The van der Waals surface area contributed by atoms with Gasteiger partial charge in [0.25, 0.3) is 0 Å². The van der Waals surface area contributed by atoms with Crippen molar-refractivity contribution in [1.29, 1.82) is 0 Å². The SMILES string of the molecule is Nc1cc(COc2cccc(Cl)c2Cl)ccn1. The molecule has 0 amide bonds. The molecule has 2 aromatic rings. The molecule has 0 spiro atoms. The van der Waals surface area contributed by atoms with E-state index in [2.05, 4.69) is 4.98 Å². The lowest BCUT2D eigenvalue weighted by Gasteiger charge is -2.08. The minimum atomic E-state index is 0.368. The standard InChI is InChI=1S/C12H10Cl2N2O/c13-9-2-1-3-10(12(9)14)17-7-8-4-5-16-11(15)6-8/h1-6H,7H2,(H2,15,16). The van der Waals surface area contributed by atoms with Crippen molar-refractivity contribution < 1.29 is 4.74 Å². The van der Waals surface area contributed by atoms with Gasteiger partial charge in [-0.05, 0) is 29.8 Å². The number of nitrogen functional groups attached to an aromatic ring is 1. The van der Waals surface area contributed by atoms with Gasteiger partial charge in [-0.15, -0.1) is 0 Å². The van der Waals surface area contributed by atoms with E-state index in [1.807, 2.05) is 6.07 Å². The number of nitrogens with two attached hydrogens (primary N) is 1. The summed E-state index contributed by atoms with van der Waals surface area (Å²) in [5, 5.41) is 0.884. The van der Waals surface area contributed by atoms with E-state index in [0.29, 0.717) is 28.2 Å². The van der Waals surface area contributed by atoms with Crippen LogP contribution < -0.4 is 10.5 Å². The number of halogens is 2. The molecule has 1 aromatic carbocycles. The fourth-order valence-electron chi connectivity index (χ4n) is 1.34. The summed E-state index contributed by atoms with van der Waals surface area (Å²) < 4.78 is 5.56. The molecule has 0 saturated carbocycles. The van der Waals surface area contributed by atoms with E-state index in [-0.39, 0.29) is 0 Å². The second kappa shape index (κ2) is 5.25. The van der Waals surface area contributed by atoms with Crippen molar-refractivity contribution in [2.75, 3.05) is 5.73 Å². The van der Waals surface area contributed by atoms with Crippen LogP contribution in [-0.4, -0.2) is 4.98 Å². The molecule has 0 fully saturated rings. The Morgan fingerprint density at radius 3 is 2.82 bits per heavy atom. The molecule has 1 heterocycles. The molecule has 0 atom stereocenters. The van der Waals surface area contributed by atoms with Gasteiger partial charge in [-0.1, -0.05) is 29.3 Å². The lowest BCUT2D eigenvalue weighted by Crippen LogP contribution is -1.98. The molecule has 88 valence electrons. The van der Waals surface area contributed by atoms with E-state index in [0.717, 1.165) is 5.56 Å². The second-order valence-electron chi connectivity index (χ2n) is 3.43. The zero-order valence-corrected chi connectivity index (χ0v) is 10.4. The van der Waals surface area contributed by atoms with Crippen molar-refractivity contribution in [1.82, 2.24) is 4.98 Å². The van der Waals surface area contributed by atoms with Crippen LogP contribution in [0.4, 0.5) is 5.82 Å². The largest absolute Gasteiger partial charge is 0.487 e. The van der Waals surface area contributed by atoms with Gasteiger partial charge >= 0.3 is 0 Å². The molecule has 2 N–H and O–H groups in total. The molecule has 0 aliphatic rings. The fraction of sp³-hybridized carbons (Fsp3) is 0.0833. The van der Waals surface area contributed by atoms with Crippen LogP contribution >= 0.6 is 23.2 Å². The highest BCUT2D eigenvalue weighted by Gasteiger charge is 2.05. The highest BCUT2D eigenvalue weighted by atomic mass is 35.5. The van der Waals surface area contributed by atoms with Crippen LogP contribution in [0.3, 0.4) is 0 Å². The summed E-state index contributed by atoms with van der Waals surface area (Å²) in [5.41, 5.74) is 6.49. The maximum absolute atomic E-state index is 6.00. The number of benzene rings is 1. The molecule has 1 aromatic heterocycles. The van der Waals surface area contributed by atoms with E-state index >= 15 is 0 Å². The number of rotatable bonds is 3. The van der Waals surface area contributed by atoms with Gasteiger partial charge in [-0.3, -0.25) is 0 Å². The van der Waals surface area contributed by atoms with Crippen molar-refractivity contribution in [3.8, 4) is 5.75 Å². The van der Waals surface area contributed by atoms with Crippen molar-refractivity contribution in [3.05, 3.63) is 52.1 Å². The minimum absolute atomic E-state index is 0.368. The number of pyridine rings is 1. The topological polar surface area (TPSA) is 48.1 Å². The predicted octanol–water partition coefficient (Wildman–Crippen LogP) is 3.55. The number of anilines is 1. The van der Waals surface area contributed by atoms with Crippen LogP contribution in [0, 0.1) is 0 Å². The van der Waals surface area contributed by atoms with Gasteiger partial charge < -0.3 is 10.5 Å². The number of hydrogen-bond donors (Lipinski definition) is 1. The Labute approximate surface area is 109 Å². The van der Waals surface area contributed by atoms with E-state index in [1.54, 1.807) is 30.5 Å². The quantitative estimate of drug-likeness (QED) is 0.926. The van der Waals surface area contributed by atoms with Crippen LogP contribution in [0.1, 0.15) is 5.56 Å². The molecule has 0 aliphatic heterocycles. The molecular weight excluding hydrogens is 259 g/mol. The Morgan fingerprint density at radius 2 is 2.06 bits per heavy atom. The van der Waals surface area contributed by atoms with E-state index in [4.69, 9.17) is 33.7 Å². The lowest BCUT2D eigenvalue weighted by molar-refractivity contribution is 0.306. The van der Waals surface area contributed by atoms with Gasteiger partial charge in [-0.2, -0.15) is 0 Å². The molecule has 5 heteroatoms. The Hall–Kier alpha value is -1.45. The van der Waals surface area contributed by atoms with E-state index < -0.39 is 0 Å². The van der Waals surface area contributed by atoms with Crippen molar-refractivity contribution >= 4 is 29.0 Å². The first kappa shape index (κ1) is 12.0. The van der Waals surface area contributed by atoms with Crippen molar-refractivity contribution in [2.45, 2.75) is 6.61 Å². The Kier molecular flexibility index (Phi) is 3.71. The highest BCUT2D eigenvalue weighted by molar-refractivity contribution is 6.42. The zero-order valence-electron chi connectivity index (χ0n) is 8.86. The fourth-order valence-corrected chi connectivity index (χ4v) is 1.69. The molecular formula is C12H10Cl2N2O. The summed E-state index contributed by atoms with van der Waals surface area (Å²) in [6, 6.07) is 8.83. The summed E-state index contributed by atoms with van der Waals surface area (Å²) in [5.74, 6) is 1.01. The van der Waals surface area contributed by atoms with Crippen molar-refractivity contribution in [2.24, 2.45) is 0 Å². The van der Waals surface area contributed by atoms with Gasteiger partial charge in [0.15, 0.2) is 0 Å². The van der Waals surface area contributed by atoms with Crippen LogP contribution in [0.5, 0.6) is 5.75 Å². The third-order valence-electron chi connectivity index (χ3n) is 2.16. The van der Waals surface area contributed by atoms with Gasteiger partial charge in [0.2, 0.25) is 0 Å². The highest BCUT2D eigenvalue weighted by Crippen LogP contribution is 2.31. The molecule has 2 rings (SSSR count). The molecule has 0 bridgehead atoms. The number of aromatic nitrogens is 1. The first-order valence-electron chi connectivity index (χ1n) is 4.94. The summed E-state index contributed by atoms with van der Waals surface area (Å²) in [7, 11) is 0. The monoisotopic (exact) mass is 268 g/mol. The van der Waals surface area contributed by atoms with Gasteiger partial charge in [0.05, 0.1) is 5.02 Å². The van der Waals surface area contributed by atoms with Gasteiger partial charge in [0.1, 0.15) is 23.2 Å². The summed E-state index contributed by atoms with van der Waals surface area (Å²) in [6.45, 7) is 0.368. The summed E-state index contributed by atoms with van der Waals surface area (Å²) in [4.78, 5) is 3.90. The number of hydrogen-bond acceptors (Lipinski definition) is 3. The normalized spacial score (nSPS) is 10.2. The maximum Gasteiger partial charge on any atom is 0.139 e. The molecule has 17 heavy (non-hydrogen) atoms.